The highest BCUT2D eigenvalue weighted by Crippen LogP contribution is 2.20. The summed E-state index contributed by atoms with van der Waals surface area (Å²) in [5.41, 5.74) is 0.415. The van der Waals surface area contributed by atoms with Gasteiger partial charge in [-0.2, -0.15) is 0 Å². The van der Waals surface area contributed by atoms with Crippen molar-refractivity contribution in [1.82, 2.24) is 10.1 Å². The average molecular weight is 317 g/mol. The minimum atomic E-state index is -0.351. The van der Waals surface area contributed by atoms with Gasteiger partial charge in [-0.3, -0.25) is 9.59 Å². The summed E-state index contributed by atoms with van der Waals surface area (Å²) in [6.07, 6.45) is 1.36. The number of nitrogens with one attached hydrogen (secondary N) is 1. The average Bonchev–Trinajstić information content (AvgIpc) is 3.04. The third-order valence-electron chi connectivity index (χ3n) is 3.24. The Kier molecular flexibility index (Phi) is 5.35. The smallest absolute Gasteiger partial charge is 0.258 e. The number of methoxy groups -OCH3 is 1. The Morgan fingerprint density at radius 1 is 1.30 bits per heavy atom. The third-order valence-corrected chi connectivity index (χ3v) is 3.24. The van der Waals surface area contributed by atoms with Gasteiger partial charge in [0.25, 0.3) is 5.91 Å². The Balaban J connectivity index is 2.14. The third kappa shape index (κ3) is 4.09. The molecule has 7 heteroatoms. The molecule has 0 atom stereocenters. The van der Waals surface area contributed by atoms with Gasteiger partial charge in [-0.05, 0) is 26.0 Å². The first-order chi connectivity index (χ1) is 11.0. The molecular weight excluding hydrogens is 298 g/mol. The zero-order valence-corrected chi connectivity index (χ0v) is 13.3. The summed E-state index contributed by atoms with van der Waals surface area (Å²) in [5.74, 6) is 0.159. The summed E-state index contributed by atoms with van der Waals surface area (Å²) < 4.78 is 9.87. The van der Waals surface area contributed by atoms with E-state index in [1.165, 1.54) is 24.3 Å². The zero-order valence-electron chi connectivity index (χ0n) is 13.3. The molecule has 122 valence electrons. The van der Waals surface area contributed by atoms with Crippen LogP contribution in [0.1, 0.15) is 24.2 Å². The Morgan fingerprint density at radius 2 is 2.04 bits per heavy atom. The molecule has 0 spiro atoms. The summed E-state index contributed by atoms with van der Waals surface area (Å²) in [6, 6.07) is 8.29. The molecule has 2 aromatic rings. The molecule has 0 radical (unpaired) electrons. The molecule has 0 saturated carbocycles. The van der Waals surface area contributed by atoms with Crippen LogP contribution in [-0.2, 0) is 4.79 Å². The van der Waals surface area contributed by atoms with Crippen molar-refractivity contribution >= 4 is 17.6 Å². The Bertz CT molecular complexity index is 668. The van der Waals surface area contributed by atoms with Crippen LogP contribution in [-0.4, -0.2) is 41.6 Å². The number of ether oxygens (including phenoxy) is 1. The predicted molar refractivity (Wildman–Crippen MR) is 84.3 cm³/mol. The van der Waals surface area contributed by atoms with Gasteiger partial charge in [-0.1, -0.05) is 17.3 Å². The number of para-hydroxylation sites is 1. The van der Waals surface area contributed by atoms with E-state index in [-0.39, 0.29) is 24.4 Å². The molecule has 7 nitrogen and oxygen atoms in total. The van der Waals surface area contributed by atoms with E-state index in [1.54, 1.807) is 24.3 Å². The molecule has 0 aliphatic heterocycles. The Morgan fingerprint density at radius 3 is 2.65 bits per heavy atom. The maximum absolute atomic E-state index is 12.7. The molecule has 2 rings (SSSR count). The standard InChI is InChI=1S/C16H19N3O4/c1-11(2)19(10-15(20)17-14-8-9-23-18-14)16(21)12-6-4-5-7-13(12)22-3/h4-9,11H,10H2,1-3H3,(H,17,18,20). The first-order valence-corrected chi connectivity index (χ1v) is 7.17. The Labute approximate surface area is 134 Å². The number of anilines is 1. The van der Waals surface area contributed by atoms with Gasteiger partial charge in [0.15, 0.2) is 5.82 Å². The van der Waals surface area contributed by atoms with E-state index < -0.39 is 0 Å². The lowest BCUT2D eigenvalue weighted by atomic mass is 10.1. The number of aromatic nitrogens is 1. The summed E-state index contributed by atoms with van der Waals surface area (Å²) in [4.78, 5) is 26.3. The first kappa shape index (κ1) is 16.5. The van der Waals surface area contributed by atoms with Gasteiger partial charge in [0.2, 0.25) is 5.91 Å². The van der Waals surface area contributed by atoms with E-state index in [2.05, 4.69) is 15.0 Å². The van der Waals surface area contributed by atoms with Crippen LogP contribution in [0.25, 0.3) is 0 Å². The second-order valence-electron chi connectivity index (χ2n) is 5.16. The number of carbonyl (C=O) groups is 2. The van der Waals surface area contributed by atoms with Crippen molar-refractivity contribution in [3.8, 4) is 5.75 Å². The van der Waals surface area contributed by atoms with Crippen LogP contribution in [0.2, 0.25) is 0 Å². The molecule has 1 heterocycles. The van der Waals surface area contributed by atoms with Crippen LogP contribution in [0, 0.1) is 0 Å². The fourth-order valence-electron chi connectivity index (χ4n) is 2.08. The number of nitrogens with zero attached hydrogens (tertiary/aromatic N) is 2. The van der Waals surface area contributed by atoms with Crippen molar-refractivity contribution in [3.05, 3.63) is 42.2 Å². The number of carbonyl (C=O) groups excluding carboxylic acids is 2. The minimum absolute atomic E-state index is 0.0958. The monoisotopic (exact) mass is 317 g/mol. The van der Waals surface area contributed by atoms with Crippen molar-refractivity contribution in [3.63, 3.8) is 0 Å². The van der Waals surface area contributed by atoms with Gasteiger partial charge < -0.3 is 19.5 Å². The normalized spacial score (nSPS) is 10.4. The molecule has 0 unspecified atom stereocenters. The zero-order chi connectivity index (χ0) is 16.8. The molecular formula is C16H19N3O4. The molecule has 0 bridgehead atoms. The van der Waals surface area contributed by atoms with Crippen LogP contribution in [0.5, 0.6) is 5.75 Å². The van der Waals surface area contributed by atoms with E-state index >= 15 is 0 Å². The lowest BCUT2D eigenvalue weighted by Gasteiger charge is -2.26. The molecule has 23 heavy (non-hydrogen) atoms. The highest BCUT2D eigenvalue weighted by atomic mass is 16.5. The lowest BCUT2D eigenvalue weighted by Crippen LogP contribution is -2.42. The van der Waals surface area contributed by atoms with Gasteiger partial charge in [0.1, 0.15) is 18.6 Å². The van der Waals surface area contributed by atoms with Crippen molar-refractivity contribution < 1.29 is 18.8 Å². The highest BCUT2D eigenvalue weighted by molar-refractivity contribution is 6.00. The molecule has 1 aromatic carbocycles. The largest absolute Gasteiger partial charge is 0.496 e. The fourth-order valence-corrected chi connectivity index (χ4v) is 2.08. The molecule has 0 saturated heterocycles. The predicted octanol–water partition coefficient (Wildman–Crippen LogP) is 2.17. The van der Waals surface area contributed by atoms with Crippen LogP contribution < -0.4 is 10.1 Å². The fraction of sp³-hybridized carbons (Fsp3) is 0.312. The second-order valence-corrected chi connectivity index (χ2v) is 5.16. The summed E-state index contributed by atoms with van der Waals surface area (Å²) in [6.45, 7) is 3.59. The van der Waals surface area contributed by atoms with Gasteiger partial charge in [0.05, 0.1) is 12.7 Å². The first-order valence-electron chi connectivity index (χ1n) is 7.17. The van der Waals surface area contributed by atoms with Gasteiger partial charge in [0, 0.05) is 12.1 Å². The maximum Gasteiger partial charge on any atom is 0.258 e. The van der Waals surface area contributed by atoms with Crippen molar-refractivity contribution in [2.45, 2.75) is 19.9 Å². The topological polar surface area (TPSA) is 84.7 Å². The van der Waals surface area contributed by atoms with E-state index in [4.69, 9.17) is 4.74 Å². The Hall–Kier alpha value is -2.83. The molecule has 2 amide bonds. The van der Waals surface area contributed by atoms with Gasteiger partial charge in [-0.15, -0.1) is 0 Å². The molecule has 0 aliphatic carbocycles. The summed E-state index contributed by atoms with van der Waals surface area (Å²) in [5, 5.41) is 6.18. The van der Waals surface area contributed by atoms with Gasteiger partial charge >= 0.3 is 0 Å². The van der Waals surface area contributed by atoms with Crippen LogP contribution >= 0.6 is 0 Å². The van der Waals surface area contributed by atoms with Crippen molar-refractivity contribution in [1.29, 1.82) is 0 Å². The lowest BCUT2D eigenvalue weighted by molar-refractivity contribution is -0.117. The SMILES string of the molecule is COc1ccccc1C(=O)N(CC(=O)Nc1ccon1)C(C)C. The van der Waals surface area contributed by atoms with E-state index in [0.717, 1.165) is 0 Å². The minimum Gasteiger partial charge on any atom is -0.496 e. The number of amides is 2. The number of hydrogen-bond acceptors (Lipinski definition) is 5. The summed E-state index contributed by atoms with van der Waals surface area (Å²) >= 11 is 0. The van der Waals surface area contributed by atoms with E-state index in [1.807, 2.05) is 13.8 Å². The van der Waals surface area contributed by atoms with Crippen LogP contribution in [0.4, 0.5) is 5.82 Å². The van der Waals surface area contributed by atoms with Crippen LogP contribution in [0.3, 0.4) is 0 Å². The highest BCUT2D eigenvalue weighted by Gasteiger charge is 2.24. The van der Waals surface area contributed by atoms with Crippen molar-refractivity contribution in [2.24, 2.45) is 0 Å². The van der Waals surface area contributed by atoms with Crippen LogP contribution in [0.15, 0.2) is 41.1 Å². The molecule has 1 N–H and O–H groups in total. The second kappa shape index (κ2) is 7.44. The van der Waals surface area contributed by atoms with Crippen molar-refractivity contribution in [2.75, 3.05) is 19.0 Å². The van der Waals surface area contributed by atoms with E-state index in [9.17, 15) is 9.59 Å². The van der Waals surface area contributed by atoms with Gasteiger partial charge in [-0.25, -0.2) is 0 Å². The molecule has 1 aromatic heterocycles. The summed E-state index contributed by atoms with van der Waals surface area (Å²) in [7, 11) is 1.50. The maximum atomic E-state index is 12.7. The quantitative estimate of drug-likeness (QED) is 0.882. The molecule has 0 aliphatic rings. The number of hydrogen-bond donors (Lipinski definition) is 1. The molecule has 0 fully saturated rings. The number of rotatable bonds is 6. The number of benzene rings is 1. The van der Waals surface area contributed by atoms with E-state index in [0.29, 0.717) is 17.1 Å².